The smallest absolute Gasteiger partial charge is 0.0963 e. The Morgan fingerprint density at radius 2 is 2.36 bits per heavy atom. The monoisotopic (exact) mass is 261 g/mol. The zero-order valence-corrected chi connectivity index (χ0v) is 10.4. The van der Waals surface area contributed by atoms with E-state index in [4.69, 9.17) is 4.74 Å². The Bertz CT molecular complexity index is 277. The SMILES string of the molecule is CCC(Br)c1cn(CC(C)OC)nn1. The summed E-state index contributed by atoms with van der Waals surface area (Å²) in [5.74, 6) is 0. The lowest BCUT2D eigenvalue weighted by molar-refractivity contribution is 0.0993. The summed E-state index contributed by atoms with van der Waals surface area (Å²) in [6.45, 7) is 4.86. The van der Waals surface area contributed by atoms with Gasteiger partial charge in [-0.3, -0.25) is 0 Å². The third-order valence-electron chi connectivity index (χ3n) is 2.08. The predicted molar refractivity (Wildman–Crippen MR) is 58.5 cm³/mol. The molecule has 0 radical (unpaired) electrons. The van der Waals surface area contributed by atoms with Crippen LogP contribution in [0.25, 0.3) is 0 Å². The summed E-state index contributed by atoms with van der Waals surface area (Å²) in [5.41, 5.74) is 0.982. The summed E-state index contributed by atoms with van der Waals surface area (Å²) in [5, 5.41) is 8.11. The lowest BCUT2D eigenvalue weighted by Crippen LogP contribution is -2.14. The van der Waals surface area contributed by atoms with Crippen LogP contribution in [0.2, 0.25) is 0 Å². The molecule has 0 saturated carbocycles. The number of aromatic nitrogens is 3. The first-order valence-corrected chi connectivity index (χ1v) is 5.65. The standard InChI is InChI=1S/C9H16BrN3O/c1-4-8(10)9-6-13(12-11-9)5-7(2)14-3/h6-8H,4-5H2,1-3H3. The molecule has 14 heavy (non-hydrogen) atoms. The lowest BCUT2D eigenvalue weighted by atomic mass is 10.3. The average Bonchev–Trinajstić information content (AvgIpc) is 2.65. The minimum Gasteiger partial charge on any atom is -0.380 e. The fourth-order valence-electron chi connectivity index (χ4n) is 1.09. The van der Waals surface area contributed by atoms with E-state index >= 15 is 0 Å². The van der Waals surface area contributed by atoms with Gasteiger partial charge in [0.25, 0.3) is 0 Å². The van der Waals surface area contributed by atoms with Gasteiger partial charge in [0.05, 0.1) is 23.2 Å². The highest BCUT2D eigenvalue weighted by Gasteiger charge is 2.10. The molecule has 4 nitrogen and oxygen atoms in total. The third-order valence-corrected chi connectivity index (χ3v) is 3.20. The predicted octanol–water partition coefficient (Wildman–Crippen LogP) is 2.16. The van der Waals surface area contributed by atoms with Gasteiger partial charge in [-0.1, -0.05) is 28.1 Å². The van der Waals surface area contributed by atoms with Crippen molar-refractivity contribution in [3.05, 3.63) is 11.9 Å². The van der Waals surface area contributed by atoms with Crippen molar-refractivity contribution in [2.75, 3.05) is 7.11 Å². The number of alkyl halides is 1. The van der Waals surface area contributed by atoms with Crippen LogP contribution in [0.15, 0.2) is 6.20 Å². The molecule has 0 amide bonds. The molecule has 1 rings (SSSR count). The van der Waals surface area contributed by atoms with Crippen LogP contribution in [-0.4, -0.2) is 28.2 Å². The first-order chi connectivity index (χ1) is 6.67. The van der Waals surface area contributed by atoms with E-state index in [0.717, 1.165) is 18.7 Å². The Kier molecular flexibility index (Phi) is 4.54. The molecule has 0 fully saturated rings. The topological polar surface area (TPSA) is 39.9 Å². The minimum atomic E-state index is 0.167. The van der Waals surface area contributed by atoms with Crippen LogP contribution in [0, 0.1) is 0 Å². The van der Waals surface area contributed by atoms with E-state index in [1.807, 2.05) is 17.8 Å². The molecule has 2 atom stereocenters. The molecule has 0 aromatic carbocycles. The molecule has 0 bridgehead atoms. The molecule has 0 spiro atoms. The first-order valence-electron chi connectivity index (χ1n) is 4.74. The quantitative estimate of drug-likeness (QED) is 0.763. The number of halogens is 1. The van der Waals surface area contributed by atoms with Crippen LogP contribution < -0.4 is 0 Å². The summed E-state index contributed by atoms with van der Waals surface area (Å²) >= 11 is 3.53. The van der Waals surface area contributed by atoms with Crippen LogP contribution in [0.5, 0.6) is 0 Å². The van der Waals surface area contributed by atoms with E-state index < -0.39 is 0 Å². The first kappa shape index (κ1) is 11.7. The Morgan fingerprint density at radius 3 is 2.93 bits per heavy atom. The summed E-state index contributed by atoms with van der Waals surface area (Å²) in [6, 6.07) is 0. The van der Waals surface area contributed by atoms with Gasteiger partial charge < -0.3 is 4.74 Å². The maximum Gasteiger partial charge on any atom is 0.0963 e. The normalized spacial score (nSPS) is 15.4. The number of hydrogen-bond acceptors (Lipinski definition) is 3. The maximum absolute atomic E-state index is 5.15. The Balaban J connectivity index is 2.59. The van der Waals surface area contributed by atoms with E-state index in [9.17, 15) is 0 Å². The highest BCUT2D eigenvalue weighted by molar-refractivity contribution is 9.09. The van der Waals surface area contributed by atoms with Gasteiger partial charge in [-0.05, 0) is 13.3 Å². The number of methoxy groups -OCH3 is 1. The Morgan fingerprint density at radius 1 is 1.64 bits per heavy atom. The summed E-state index contributed by atoms with van der Waals surface area (Å²) in [6.07, 6.45) is 3.14. The molecule has 80 valence electrons. The molecular weight excluding hydrogens is 246 g/mol. The molecule has 0 aliphatic carbocycles. The highest BCUT2D eigenvalue weighted by Crippen LogP contribution is 2.23. The zero-order chi connectivity index (χ0) is 10.6. The van der Waals surface area contributed by atoms with Crippen molar-refractivity contribution in [3.8, 4) is 0 Å². The summed E-state index contributed by atoms with van der Waals surface area (Å²) < 4.78 is 6.96. The molecule has 1 aromatic heterocycles. The molecule has 1 heterocycles. The van der Waals surface area contributed by atoms with Crippen LogP contribution >= 0.6 is 15.9 Å². The zero-order valence-electron chi connectivity index (χ0n) is 8.77. The van der Waals surface area contributed by atoms with Gasteiger partial charge in [0.15, 0.2) is 0 Å². The number of rotatable bonds is 5. The van der Waals surface area contributed by atoms with Crippen molar-refractivity contribution in [3.63, 3.8) is 0 Å². The molecule has 1 aromatic rings. The van der Waals surface area contributed by atoms with Crippen molar-refractivity contribution in [2.45, 2.75) is 37.7 Å². The second kappa shape index (κ2) is 5.46. The molecule has 5 heteroatoms. The molecule has 0 aliphatic rings. The summed E-state index contributed by atoms with van der Waals surface area (Å²) in [7, 11) is 1.70. The van der Waals surface area contributed by atoms with Crippen LogP contribution in [0.1, 0.15) is 30.8 Å². The van der Waals surface area contributed by atoms with Gasteiger partial charge in [0, 0.05) is 13.3 Å². The second-order valence-corrected chi connectivity index (χ2v) is 4.39. The van der Waals surface area contributed by atoms with Crippen LogP contribution in [-0.2, 0) is 11.3 Å². The van der Waals surface area contributed by atoms with E-state index in [1.165, 1.54) is 0 Å². The number of nitrogens with zero attached hydrogens (tertiary/aromatic N) is 3. The minimum absolute atomic E-state index is 0.167. The molecular formula is C9H16BrN3O. The average molecular weight is 262 g/mol. The molecule has 0 N–H and O–H groups in total. The van der Waals surface area contributed by atoms with Crippen LogP contribution in [0.4, 0.5) is 0 Å². The van der Waals surface area contributed by atoms with Crippen molar-refractivity contribution in [1.29, 1.82) is 0 Å². The van der Waals surface area contributed by atoms with Gasteiger partial charge in [-0.2, -0.15) is 0 Å². The van der Waals surface area contributed by atoms with E-state index in [2.05, 4.69) is 33.2 Å². The fraction of sp³-hybridized carbons (Fsp3) is 0.778. The van der Waals surface area contributed by atoms with Gasteiger partial charge in [-0.25, -0.2) is 4.68 Å². The van der Waals surface area contributed by atoms with E-state index in [-0.39, 0.29) is 6.10 Å². The summed E-state index contributed by atoms with van der Waals surface area (Å²) in [4.78, 5) is 0.300. The Labute approximate surface area is 92.8 Å². The maximum atomic E-state index is 5.15. The highest BCUT2D eigenvalue weighted by atomic mass is 79.9. The van der Waals surface area contributed by atoms with Crippen molar-refractivity contribution in [2.24, 2.45) is 0 Å². The van der Waals surface area contributed by atoms with Crippen molar-refractivity contribution in [1.82, 2.24) is 15.0 Å². The largest absolute Gasteiger partial charge is 0.380 e. The van der Waals surface area contributed by atoms with Crippen LogP contribution in [0.3, 0.4) is 0 Å². The second-order valence-electron chi connectivity index (χ2n) is 3.29. The van der Waals surface area contributed by atoms with E-state index in [0.29, 0.717) is 4.83 Å². The van der Waals surface area contributed by atoms with Gasteiger partial charge in [0.2, 0.25) is 0 Å². The van der Waals surface area contributed by atoms with Gasteiger partial charge >= 0.3 is 0 Å². The Hall–Kier alpha value is -0.420. The van der Waals surface area contributed by atoms with Gasteiger partial charge in [-0.15, -0.1) is 5.10 Å². The van der Waals surface area contributed by atoms with E-state index in [1.54, 1.807) is 7.11 Å². The fourth-order valence-corrected chi connectivity index (χ4v) is 1.30. The van der Waals surface area contributed by atoms with Crippen molar-refractivity contribution < 1.29 is 4.74 Å². The number of ether oxygens (including phenoxy) is 1. The van der Waals surface area contributed by atoms with Gasteiger partial charge in [0.1, 0.15) is 0 Å². The third kappa shape index (κ3) is 3.06. The molecule has 0 saturated heterocycles. The number of hydrogen-bond donors (Lipinski definition) is 0. The molecule has 0 aliphatic heterocycles. The molecule has 2 unspecified atom stereocenters. The lowest BCUT2D eigenvalue weighted by Gasteiger charge is -2.07. The van der Waals surface area contributed by atoms with Crippen molar-refractivity contribution >= 4 is 15.9 Å².